The molecular formula is C22H18CaO6S2. The summed E-state index contributed by atoms with van der Waals surface area (Å²) < 4.78 is 64.8. The van der Waals surface area contributed by atoms with Crippen LogP contribution in [0.4, 0.5) is 0 Å². The van der Waals surface area contributed by atoms with E-state index in [1.165, 1.54) is 24.3 Å². The Morgan fingerprint density at radius 2 is 0.839 bits per heavy atom. The number of hydrogen-bond acceptors (Lipinski definition) is 6. The van der Waals surface area contributed by atoms with Gasteiger partial charge in [0.05, 0.1) is 9.79 Å². The van der Waals surface area contributed by atoms with Crippen LogP contribution in [0.3, 0.4) is 0 Å². The molecule has 0 fully saturated rings. The molecule has 156 valence electrons. The summed E-state index contributed by atoms with van der Waals surface area (Å²) in [4.78, 5) is -0.360. The molecule has 0 amide bonds. The fourth-order valence-corrected chi connectivity index (χ4v) is 4.01. The molecule has 0 bridgehead atoms. The van der Waals surface area contributed by atoms with E-state index < -0.39 is 20.2 Å². The summed E-state index contributed by atoms with van der Waals surface area (Å²) in [6, 6.07) is 20.1. The van der Waals surface area contributed by atoms with Crippen LogP contribution < -0.4 is 0 Å². The zero-order valence-electron chi connectivity index (χ0n) is 16.9. The molecule has 0 aromatic heterocycles. The Labute approximate surface area is 211 Å². The molecule has 9 heteroatoms. The first-order chi connectivity index (χ1) is 13.9. The summed E-state index contributed by atoms with van der Waals surface area (Å²) in [6.45, 7) is 3.83. The van der Waals surface area contributed by atoms with Crippen molar-refractivity contribution in [2.45, 2.75) is 23.6 Å². The first kappa shape index (κ1) is 25.7. The molecule has 0 saturated carbocycles. The molecule has 0 aliphatic carbocycles. The fourth-order valence-electron chi connectivity index (χ4n) is 3.00. The van der Waals surface area contributed by atoms with Crippen LogP contribution in [0, 0.1) is 13.8 Å². The van der Waals surface area contributed by atoms with Gasteiger partial charge in [-0.1, -0.05) is 59.7 Å². The predicted molar refractivity (Wildman–Crippen MR) is 119 cm³/mol. The molecule has 0 spiro atoms. The third-order valence-corrected chi connectivity index (χ3v) is 6.17. The van der Waals surface area contributed by atoms with Gasteiger partial charge in [0.15, 0.2) is 0 Å². The molecule has 0 atom stereocenters. The van der Waals surface area contributed by atoms with Crippen LogP contribution in [0.25, 0.3) is 21.5 Å². The zero-order chi connectivity index (χ0) is 22.1. The quantitative estimate of drug-likeness (QED) is 0.318. The van der Waals surface area contributed by atoms with E-state index >= 15 is 0 Å². The normalized spacial score (nSPS) is 11.5. The standard InChI is InChI=1S/2C11H10O3S.Ca/c2*1-8-2-3-9-4-5-11(15(12,13)14)7-10(9)6-8;/h2*2-7H,1H3,(H,12,13,14);/q;;+2/p-2. The van der Waals surface area contributed by atoms with Crippen molar-refractivity contribution in [3.05, 3.63) is 83.9 Å². The smallest absolute Gasteiger partial charge is 0.744 e. The van der Waals surface area contributed by atoms with Crippen molar-refractivity contribution in [3.8, 4) is 0 Å². The Hall–Kier alpha value is -1.52. The second-order valence-corrected chi connectivity index (χ2v) is 9.69. The zero-order valence-corrected chi connectivity index (χ0v) is 20.7. The largest absolute Gasteiger partial charge is 2.00 e. The second kappa shape index (κ2) is 9.95. The summed E-state index contributed by atoms with van der Waals surface area (Å²) in [5.74, 6) is 0. The van der Waals surface area contributed by atoms with Gasteiger partial charge >= 0.3 is 37.7 Å². The number of hydrogen-bond donors (Lipinski definition) is 0. The van der Waals surface area contributed by atoms with Crippen LogP contribution >= 0.6 is 0 Å². The van der Waals surface area contributed by atoms with Crippen LogP contribution in [-0.4, -0.2) is 63.7 Å². The van der Waals surface area contributed by atoms with Gasteiger partial charge in [-0.2, -0.15) is 0 Å². The minimum absolute atomic E-state index is 0. The molecule has 4 aromatic carbocycles. The van der Waals surface area contributed by atoms with Gasteiger partial charge < -0.3 is 9.11 Å². The Balaban J connectivity index is 0.000000213. The first-order valence-corrected chi connectivity index (χ1v) is 11.7. The molecule has 0 unspecified atom stereocenters. The van der Waals surface area contributed by atoms with Crippen LogP contribution in [-0.2, 0) is 20.2 Å². The van der Waals surface area contributed by atoms with E-state index in [1.807, 2.05) is 50.2 Å². The molecular weight excluding hydrogens is 464 g/mol. The van der Waals surface area contributed by atoms with Gasteiger partial charge in [-0.15, -0.1) is 0 Å². The molecule has 4 aromatic rings. The van der Waals surface area contributed by atoms with Crippen molar-refractivity contribution in [2.24, 2.45) is 0 Å². The van der Waals surface area contributed by atoms with Crippen molar-refractivity contribution in [1.82, 2.24) is 0 Å². The van der Waals surface area contributed by atoms with E-state index in [1.54, 1.807) is 12.1 Å². The minimum Gasteiger partial charge on any atom is -0.744 e. The third kappa shape index (κ3) is 6.73. The summed E-state index contributed by atoms with van der Waals surface area (Å²) >= 11 is 0. The van der Waals surface area contributed by atoms with Gasteiger partial charge in [0.2, 0.25) is 0 Å². The van der Waals surface area contributed by atoms with Crippen LogP contribution in [0.1, 0.15) is 11.1 Å². The first-order valence-electron chi connectivity index (χ1n) is 8.86. The Bertz CT molecular complexity index is 1350. The van der Waals surface area contributed by atoms with E-state index in [2.05, 4.69) is 0 Å². The van der Waals surface area contributed by atoms with Crippen LogP contribution in [0.2, 0.25) is 0 Å². The van der Waals surface area contributed by atoms with Gasteiger partial charge in [0.1, 0.15) is 20.2 Å². The Kier molecular flexibility index (Phi) is 8.27. The van der Waals surface area contributed by atoms with Crippen LogP contribution in [0.5, 0.6) is 0 Å². The molecule has 4 rings (SSSR count). The van der Waals surface area contributed by atoms with Crippen molar-refractivity contribution < 1.29 is 25.9 Å². The molecule has 0 radical (unpaired) electrons. The van der Waals surface area contributed by atoms with E-state index in [0.29, 0.717) is 0 Å². The third-order valence-electron chi connectivity index (χ3n) is 4.51. The summed E-state index contributed by atoms with van der Waals surface area (Å²) in [5, 5.41) is 3.39. The molecule has 0 heterocycles. The maximum Gasteiger partial charge on any atom is 2.00 e. The molecule has 0 saturated heterocycles. The predicted octanol–water partition coefficient (Wildman–Crippen LogP) is 3.72. The fraction of sp³-hybridized carbons (Fsp3) is 0.0909. The summed E-state index contributed by atoms with van der Waals surface area (Å²) in [6.07, 6.45) is 0. The Morgan fingerprint density at radius 1 is 0.516 bits per heavy atom. The second-order valence-electron chi connectivity index (χ2n) is 6.93. The van der Waals surface area contributed by atoms with Crippen molar-refractivity contribution in [3.63, 3.8) is 0 Å². The summed E-state index contributed by atoms with van der Waals surface area (Å²) in [7, 11) is -8.71. The monoisotopic (exact) mass is 482 g/mol. The van der Waals surface area contributed by atoms with Gasteiger partial charge in [0, 0.05) is 0 Å². The number of rotatable bonds is 2. The summed E-state index contributed by atoms with van der Waals surface area (Å²) in [5.41, 5.74) is 2.06. The van der Waals surface area contributed by atoms with Gasteiger partial charge in [0.25, 0.3) is 0 Å². The van der Waals surface area contributed by atoms with E-state index in [0.717, 1.165) is 32.7 Å². The molecule has 0 aliphatic rings. The topological polar surface area (TPSA) is 114 Å². The average Bonchev–Trinajstić information content (AvgIpc) is 2.66. The van der Waals surface area contributed by atoms with Crippen molar-refractivity contribution in [1.29, 1.82) is 0 Å². The number of aryl methyl sites for hydroxylation is 2. The molecule has 31 heavy (non-hydrogen) atoms. The van der Waals surface area contributed by atoms with Crippen LogP contribution in [0.15, 0.2) is 82.6 Å². The van der Waals surface area contributed by atoms with Crippen molar-refractivity contribution in [2.75, 3.05) is 0 Å². The van der Waals surface area contributed by atoms with Gasteiger partial charge in [-0.3, -0.25) is 0 Å². The minimum atomic E-state index is -4.36. The molecule has 0 N–H and O–H groups in total. The van der Waals surface area contributed by atoms with Gasteiger partial charge in [-0.25, -0.2) is 16.8 Å². The number of benzene rings is 4. The van der Waals surface area contributed by atoms with E-state index in [9.17, 15) is 25.9 Å². The average molecular weight is 483 g/mol. The van der Waals surface area contributed by atoms with Gasteiger partial charge in [-0.05, 0) is 59.7 Å². The van der Waals surface area contributed by atoms with E-state index in [-0.39, 0.29) is 47.5 Å². The maximum absolute atomic E-state index is 10.8. The molecule has 0 aliphatic heterocycles. The maximum atomic E-state index is 10.8. The number of fused-ring (bicyclic) bond motifs is 2. The Morgan fingerprint density at radius 3 is 1.16 bits per heavy atom. The molecule has 6 nitrogen and oxygen atoms in total. The SMILES string of the molecule is Cc1ccc2ccc(S(=O)(=O)[O-])cc2c1.Cc1ccc2ccc(S(=O)(=O)[O-])cc2c1.[Ca+2]. The van der Waals surface area contributed by atoms with Crippen molar-refractivity contribution >= 4 is 79.5 Å². The van der Waals surface area contributed by atoms with E-state index in [4.69, 9.17) is 0 Å².